The number of hydrogen-bond donors (Lipinski definition) is 2. The Bertz CT molecular complexity index is 531. The fourth-order valence-corrected chi connectivity index (χ4v) is 2.30. The van der Waals surface area contributed by atoms with E-state index in [1.807, 2.05) is 4.90 Å². The van der Waals surface area contributed by atoms with Gasteiger partial charge in [-0.15, -0.1) is 0 Å². The maximum Gasteiger partial charge on any atom is 0.416 e. The van der Waals surface area contributed by atoms with Crippen LogP contribution in [-0.4, -0.2) is 61.4 Å². The van der Waals surface area contributed by atoms with E-state index in [9.17, 15) is 23.1 Å². The number of benzene rings is 1. The molecule has 1 aromatic carbocycles. The van der Waals surface area contributed by atoms with Crippen LogP contribution in [0.3, 0.4) is 0 Å². The maximum absolute atomic E-state index is 12.6. The van der Waals surface area contributed by atoms with Crippen LogP contribution in [0.15, 0.2) is 24.3 Å². The van der Waals surface area contributed by atoms with Crippen LogP contribution in [0, 0.1) is 0 Å². The number of hydrogen-bond acceptors (Lipinski definition) is 4. The topological polar surface area (TPSA) is 61.8 Å². The van der Waals surface area contributed by atoms with Crippen LogP contribution in [0.4, 0.5) is 13.2 Å². The molecule has 23 heavy (non-hydrogen) atoms. The first-order chi connectivity index (χ1) is 10.9. The van der Waals surface area contributed by atoms with E-state index in [0.717, 1.165) is 12.1 Å². The van der Waals surface area contributed by atoms with Crippen LogP contribution in [0.1, 0.15) is 15.9 Å². The molecule has 5 nitrogen and oxygen atoms in total. The first-order valence-electron chi connectivity index (χ1n) is 7.30. The van der Waals surface area contributed by atoms with E-state index < -0.39 is 23.8 Å². The lowest BCUT2D eigenvalue weighted by Crippen LogP contribution is -2.44. The predicted molar refractivity (Wildman–Crippen MR) is 77.0 cm³/mol. The molecule has 1 amide bonds. The molecule has 1 unspecified atom stereocenters. The third-order valence-electron chi connectivity index (χ3n) is 3.52. The zero-order chi connectivity index (χ0) is 16.9. The number of ether oxygens (including phenoxy) is 1. The molecule has 8 heteroatoms. The lowest BCUT2D eigenvalue weighted by molar-refractivity contribution is -0.137. The lowest BCUT2D eigenvalue weighted by Gasteiger charge is -2.28. The van der Waals surface area contributed by atoms with Crippen molar-refractivity contribution in [2.45, 2.75) is 12.3 Å². The smallest absolute Gasteiger partial charge is 0.390 e. The van der Waals surface area contributed by atoms with Gasteiger partial charge in [-0.25, -0.2) is 0 Å². The van der Waals surface area contributed by atoms with Crippen LogP contribution in [0.2, 0.25) is 0 Å². The summed E-state index contributed by atoms with van der Waals surface area (Å²) < 4.78 is 43.0. The number of aliphatic hydroxyl groups excluding tert-OH is 1. The summed E-state index contributed by atoms with van der Waals surface area (Å²) >= 11 is 0. The molecule has 1 aliphatic heterocycles. The second kappa shape index (κ2) is 7.76. The van der Waals surface area contributed by atoms with Gasteiger partial charge in [-0.05, 0) is 18.2 Å². The normalized spacial score (nSPS) is 17.7. The molecule has 1 atom stereocenters. The van der Waals surface area contributed by atoms with Gasteiger partial charge in [0.2, 0.25) is 0 Å². The first kappa shape index (κ1) is 17.7. The second-order valence-corrected chi connectivity index (χ2v) is 5.36. The molecule has 128 valence electrons. The number of halogens is 3. The molecule has 1 heterocycles. The Morgan fingerprint density at radius 3 is 2.70 bits per heavy atom. The van der Waals surface area contributed by atoms with E-state index in [0.29, 0.717) is 32.8 Å². The quantitative estimate of drug-likeness (QED) is 0.849. The number of nitrogens with zero attached hydrogens (tertiary/aromatic N) is 1. The number of alkyl halides is 3. The number of carbonyl (C=O) groups excluding carboxylic acids is 1. The SMILES string of the molecule is O=C(NCC(O)CN1CCOCC1)c1cccc(C(F)(F)F)c1. The number of amides is 1. The molecule has 0 saturated carbocycles. The Labute approximate surface area is 132 Å². The highest BCUT2D eigenvalue weighted by atomic mass is 19.4. The van der Waals surface area contributed by atoms with Crippen molar-refractivity contribution in [2.75, 3.05) is 39.4 Å². The zero-order valence-corrected chi connectivity index (χ0v) is 12.5. The molecule has 1 aromatic rings. The fraction of sp³-hybridized carbons (Fsp3) is 0.533. The summed E-state index contributed by atoms with van der Waals surface area (Å²) in [6.07, 6.45) is -5.28. The van der Waals surface area contributed by atoms with E-state index in [1.54, 1.807) is 0 Å². The minimum Gasteiger partial charge on any atom is -0.390 e. The molecule has 2 N–H and O–H groups in total. The first-order valence-corrected chi connectivity index (χ1v) is 7.30. The summed E-state index contributed by atoms with van der Waals surface area (Å²) in [6.45, 7) is 2.97. The van der Waals surface area contributed by atoms with Crippen LogP contribution < -0.4 is 5.32 Å². The van der Waals surface area contributed by atoms with Gasteiger partial charge in [-0.1, -0.05) is 6.07 Å². The van der Waals surface area contributed by atoms with Crippen LogP contribution >= 0.6 is 0 Å². The predicted octanol–water partition coefficient (Wildman–Crippen LogP) is 1.13. The molecule has 0 spiro atoms. The Balaban J connectivity index is 1.84. The fourth-order valence-electron chi connectivity index (χ4n) is 2.30. The van der Waals surface area contributed by atoms with Crippen molar-refractivity contribution in [1.29, 1.82) is 0 Å². The van der Waals surface area contributed by atoms with E-state index in [-0.39, 0.29) is 12.1 Å². The van der Waals surface area contributed by atoms with Crippen LogP contribution in [0.25, 0.3) is 0 Å². The van der Waals surface area contributed by atoms with Crippen LogP contribution in [-0.2, 0) is 10.9 Å². The van der Waals surface area contributed by atoms with Gasteiger partial charge in [0.25, 0.3) is 5.91 Å². The van der Waals surface area contributed by atoms with Crippen molar-refractivity contribution in [3.8, 4) is 0 Å². The Kier molecular flexibility index (Phi) is 5.97. The van der Waals surface area contributed by atoms with Gasteiger partial charge in [0, 0.05) is 31.7 Å². The highest BCUT2D eigenvalue weighted by Crippen LogP contribution is 2.29. The average molecular weight is 332 g/mol. The number of β-amino-alcohol motifs (C(OH)–C–C–N with tert-alkyl or cyclic N) is 1. The number of carbonyl (C=O) groups is 1. The van der Waals surface area contributed by atoms with Gasteiger partial charge < -0.3 is 15.2 Å². The number of aliphatic hydroxyl groups is 1. The molecule has 1 fully saturated rings. The van der Waals surface area contributed by atoms with E-state index in [1.165, 1.54) is 12.1 Å². The second-order valence-electron chi connectivity index (χ2n) is 5.36. The summed E-state index contributed by atoms with van der Waals surface area (Å²) in [4.78, 5) is 13.9. The molecular formula is C15H19F3N2O3. The van der Waals surface area contributed by atoms with Gasteiger partial charge in [0.1, 0.15) is 0 Å². The van der Waals surface area contributed by atoms with Gasteiger partial charge in [0.15, 0.2) is 0 Å². The van der Waals surface area contributed by atoms with E-state index >= 15 is 0 Å². The minimum absolute atomic E-state index is 0.0214. The summed E-state index contributed by atoms with van der Waals surface area (Å²) in [5.74, 6) is -0.642. The third kappa shape index (κ3) is 5.49. The number of nitrogens with one attached hydrogen (secondary N) is 1. The van der Waals surface area contributed by atoms with Crippen molar-refractivity contribution in [3.63, 3.8) is 0 Å². The minimum atomic E-state index is -4.49. The van der Waals surface area contributed by atoms with Crippen molar-refractivity contribution >= 4 is 5.91 Å². The largest absolute Gasteiger partial charge is 0.416 e. The summed E-state index contributed by atoms with van der Waals surface area (Å²) in [7, 11) is 0. The zero-order valence-electron chi connectivity index (χ0n) is 12.5. The maximum atomic E-state index is 12.6. The molecule has 0 bridgehead atoms. The highest BCUT2D eigenvalue weighted by molar-refractivity contribution is 5.94. The summed E-state index contributed by atoms with van der Waals surface area (Å²) in [5, 5.41) is 12.4. The molecule has 1 aliphatic rings. The Morgan fingerprint density at radius 1 is 1.35 bits per heavy atom. The molecule has 2 rings (SSSR count). The molecular weight excluding hydrogens is 313 g/mol. The van der Waals surface area contributed by atoms with E-state index in [4.69, 9.17) is 4.74 Å². The molecule has 0 aromatic heterocycles. The number of morpholine rings is 1. The van der Waals surface area contributed by atoms with Gasteiger partial charge >= 0.3 is 6.18 Å². The van der Waals surface area contributed by atoms with Gasteiger partial charge in [-0.2, -0.15) is 13.2 Å². The average Bonchev–Trinajstić information content (AvgIpc) is 2.53. The summed E-state index contributed by atoms with van der Waals surface area (Å²) in [6, 6.07) is 4.19. The highest BCUT2D eigenvalue weighted by Gasteiger charge is 2.30. The third-order valence-corrected chi connectivity index (χ3v) is 3.52. The number of rotatable bonds is 5. The van der Waals surface area contributed by atoms with Crippen molar-refractivity contribution in [2.24, 2.45) is 0 Å². The standard InChI is InChI=1S/C15H19F3N2O3/c16-15(17,18)12-3-1-2-11(8-12)14(22)19-9-13(21)10-20-4-6-23-7-5-20/h1-3,8,13,21H,4-7,9-10H2,(H,19,22). The van der Waals surface area contributed by atoms with Crippen molar-refractivity contribution in [1.82, 2.24) is 10.2 Å². The van der Waals surface area contributed by atoms with Gasteiger partial charge in [0.05, 0.1) is 24.9 Å². The molecule has 0 radical (unpaired) electrons. The molecule has 1 saturated heterocycles. The summed E-state index contributed by atoms with van der Waals surface area (Å²) in [5.41, 5.74) is -0.961. The van der Waals surface area contributed by atoms with Crippen molar-refractivity contribution < 1.29 is 27.8 Å². The monoisotopic (exact) mass is 332 g/mol. The van der Waals surface area contributed by atoms with E-state index in [2.05, 4.69) is 5.32 Å². The van der Waals surface area contributed by atoms with Crippen molar-refractivity contribution in [3.05, 3.63) is 35.4 Å². The van der Waals surface area contributed by atoms with Gasteiger partial charge in [-0.3, -0.25) is 9.69 Å². The lowest BCUT2D eigenvalue weighted by atomic mass is 10.1. The molecule has 0 aliphatic carbocycles. The Hall–Kier alpha value is -1.64. The Morgan fingerprint density at radius 2 is 2.04 bits per heavy atom. The van der Waals surface area contributed by atoms with Crippen LogP contribution in [0.5, 0.6) is 0 Å².